The molecule has 2 heterocycles. The second kappa shape index (κ2) is 7.32. The van der Waals surface area contributed by atoms with Crippen molar-refractivity contribution < 1.29 is 9.90 Å². The predicted octanol–water partition coefficient (Wildman–Crippen LogP) is 1.85. The molecule has 3 rings (SSSR count). The Kier molecular flexibility index (Phi) is 5.16. The van der Waals surface area contributed by atoms with Gasteiger partial charge in [0.25, 0.3) is 5.91 Å². The van der Waals surface area contributed by atoms with Crippen LogP contribution in [0.25, 0.3) is 10.9 Å². The minimum absolute atomic E-state index is 0.111. The molecule has 24 heavy (non-hydrogen) atoms. The summed E-state index contributed by atoms with van der Waals surface area (Å²) >= 11 is 0. The van der Waals surface area contributed by atoms with Gasteiger partial charge in [-0.2, -0.15) is 5.10 Å². The highest BCUT2D eigenvalue weighted by Gasteiger charge is 2.27. The number of aliphatic hydroxyl groups is 1. The van der Waals surface area contributed by atoms with E-state index in [1.54, 1.807) is 0 Å². The number of rotatable bonds is 6. The van der Waals surface area contributed by atoms with E-state index < -0.39 is 0 Å². The Morgan fingerprint density at radius 3 is 3.00 bits per heavy atom. The molecule has 0 saturated carbocycles. The lowest BCUT2D eigenvalue weighted by Crippen LogP contribution is -2.36. The molecule has 1 amide bonds. The topological polar surface area (TPSA) is 79.2 Å². The first-order valence-electron chi connectivity index (χ1n) is 8.72. The van der Waals surface area contributed by atoms with E-state index in [0.717, 1.165) is 36.7 Å². The molecule has 2 atom stereocenters. The van der Waals surface area contributed by atoms with E-state index in [-0.39, 0.29) is 24.6 Å². The lowest BCUT2D eigenvalue weighted by molar-refractivity contribution is 0.0935. The summed E-state index contributed by atoms with van der Waals surface area (Å²) in [6, 6.07) is 8.54. The SMILES string of the molecule is CC(C)n1nc(C(=O)N[C@@H]2CN[C@H](CCCO)C2)c2ccccc21. The summed E-state index contributed by atoms with van der Waals surface area (Å²) in [6.07, 6.45) is 2.63. The maximum atomic E-state index is 12.7. The van der Waals surface area contributed by atoms with Gasteiger partial charge < -0.3 is 15.7 Å². The van der Waals surface area contributed by atoms with Crippen molar-refractivity contribution in [3.63, 3.8) is 0 Å². The highest BCUT2D eigenvalue weighted by molar-refractivity contribution is 6.05. The van der Waals surface area contributed by atoms with E-state index in [0.29, 0.717) is 11.7 Å². The van der Waals surface area contributed by atoms with E-state index in [4.69, 9.17) is 5.11 Å². The average molecular weight is 330 g/mol. The molecule has 0 bridgehead atoms. The molecule has 1 aliphatic heterocycles. The smallest absolute Gasteiger partial charge is 0.272 e. The van der Waals surface area contributed by atoms with Crippen LogP contribution in [0.3, 0.4) is 0 Å². The Labute approximate surface area is 142 Å². The van der Waals surface area contributed by atoms with Gasteiger partial charge in [0.1, 0.15) is 0 Å². The van der Waals surface area contributed by atoms with Crippen LogP contribution in [0.15, 0.2) is 24.3 Å². The molecule has 1 aliphatic rings. The molecule has 1 aromatic heterocycles. The summed E-state index contributed by atoms with van der Waals surface area (Å²) in [5.41, 5.74) is 1.49. The van der Waals surface area contributed by atoms with Crippen molar-refractivity contribution in [2.45, 2.75) is 51.2 Å². The normalized spacial score (nSPS) is 20.8. The van der Waals surface area contributed by atoms with E-state index in [1.807, 2.05) is 28.9 Å². The highest BCUT2D eigenvalue weighted by Crippen LogP contribution is 2.22. The standard InChI is InChI=1S/C18H26N4O2/c1-12(2)22-16-8-4-3-7-15(16)17(21-22)18(24)20-14-10-13(19-11-14)6-5-9-23/h3-4,7-8,12-14,19,23H,5-6,9-11H2,1-2H3,(H,20,24)/t13-,14+/m1/s1. The Bertz CT molecular complexity index is 710. The summed E-state index contributed by atoms with van der Waals surface area (Å²) in [7, 11) is 0. The fourth-order valence-electron chi connectivity index (χ4n) is 3.39. The molecule has 3 N–H and O–H groups in total. The van der Waals surface area contributed by atoms with E-state index in [2.05, 4.69) is 29.6 Å². The number of fused-ring (bicyclic) bond motifs is 1. The van der Waals surface area contributed by atoms with Crippen LogP contribution in [0, 0.1) is 0 Å². The van der Waals surface area contributed by atoms with Crippen molar-refractivity contribution in [2.75, 3.05) is 13.2 Å². The number of aliphatic hydroxyl groups excluding tert-OH is 1. The molecule has 1 fully saturated rings. The van der Waals surface area contributed by atoms with Crippen LogP contribution in [0.4, 0.5) is 0 Å². The van der Waals surface area contributed by atoms with Crippen LogP contribution < -0.4 is 10.6 Å². The summed E-state index contributed by atoms with van der Waals surface area (Å²) in [4.78, 5) is 12.7. The zero-order valence-corrected chi connectivity index (χ0v) is 14.3. The molecule has 6 nitrogen and oxygen atoms in total. The monoisotopic (exact) mass is 330 g/mol. The summed E-state index contributed by atoms with van der Waals surface area (Å²) in [5.74, 6) is -0.111. The van der Waals surface area contributed by atoms with E-state index in [1.165, 1.54) is 0 Å². The molecule has 0 radical (unpaired) electrons. The van der Waals surface area contributed by atoms with Gasteiger partial charge in [-0.3, -0.25) is 9.48 Å². The fraction of sp³-hybridized carbons (Fsp3) is 0.556. The maximum Gasteiger partial charge on any atom is 0.272 e. The Morgan fingerprint density at radius 2 is 2.25 bits per heavy atom. The number of amides is 1. The first-order chi connectivity index (χ1) is 11.6. The third kappa shape index (κ3) is 3.44. The summed E-state index contributed by atoms with van der Waals surface area (Å²) in [6.45, 7) is 5.11. The number of nitrogens with zero attached hydrogens (tertiary/aromatic N) is 2. The Balaban J connectivity index is 1.73. The molecule has 6 heteroatoms. The first-order valence-corrected chi connectivity index (χ1v) is 8.72. The summed E-state index contributed by atoms with van der Waals surface area (Å²) < 4.78 is 1.90. The Hall–Kier alpha value is -1.92. The van der Waals surface area contributed by atoms with Crippen LogP contribution in [0.5, 0.6) is 0 Å². The minimum Gasteiger partial charge on any atom is -0.396 e. The molecule has 1 saturated heterocycles. The van der Waals surface area contributed by atoms with Gasteiger partial charge in [0.05, 0.1) is 5.52 Å². The number of benzene rings is 1. The molecule has 2 aromatic rings. The largest absolute Gasteiger partial charge is 0.396 e. The molecule has 1 aromatic carbocycles. The molecule has 0 spiro atoms. The van der Waals surface area contributed by atoms with Gasteiger partial charge >= 0.3 is 0 Å². The number of hydrogen-bond acceptors (Lipinski definition) is 4. The number of hydrogen-bond donors (Lipinski definition) is 3. The number of aromatic nitrogens is 2. The minimum atomic E-state index is -0.111. The van der Waals surface area contributed by atoms with Gasteiger partial charge in [-0.1, -0.05) is 18.2 Å². The third-order valence-electron chi connectivity index (χ3n) is 4.59. The van der Waals surface area contributed by atoms with E-state index in [9.17, 15) is 4.79 Å². The number of carbonyl (C=O) groups is 1. The Morgan fingerprint density at radius 1 is 1.46 bits per heavy atom. The maximum absolute atomic E-state index is 12.7. The van der Waals surface area contributed by atoms with Crippen LogP contribution in [-0.4, -0.2) is 46.0 Å². The average Bonchev–Trinajstić information content (AvgIpc) is 3.17. The first kappa shape index (κ1) is 16.9. The molecule has 0 unspecified atom stereocenters. The van der Waals surface area contributed by atoms with Crippen molar-refractivity contribution in [3.8, 4) is 0 Å². The van der Waals surface area contributed by atoms with Crippen molar-refractivity contribution in [3.05, 3.63) is 30.0 Å². The zero-order chi connectivity index (χ0) is 17.1. The van der Waals surface area contributed by atoms with Gasteiger partial charge in [0, 0.05) is 36.7 Å². The van der Waals surface area contributed by atoms with E-state index >= 15 is 0 Å². The van der Waals surface area contributed by atoms with Crippen LogP contribution in [0.2, 0.25) is 0 Å². The van der Waals surface area contributed by atoms with Crippen LogP contribution in [-0.2, 0) is 0 Å². The second-order valence-corrected chi connectivity index (χ2v) is 6.78. The van der Waals surface area contributed by atoms with Crippen molar-refractivity contribution in [1.82, 2.24) is 20.4 Å². The quantitative estimate of drug-likeness (QED) is 0.755. The number of nitrogens with one attached hydrogen (secondary N) is 2. The van der Waals surface area contributed by atoms with Gasteiger partial charge in [0.15, 0.2) is 5.69 Å². The highest BCUT2D eigenvalue weighted by atomic mass is 16.3. The van der Waals surface area contributed by atoms with Gasteiger partial charge in [0.2, 0.25) is 0 Å². The number of para-hydroxylation sites is 1. The van der Waals surface area contributed by atoms with Gasteiger partial charge in [-0.15, -0.1) is 0 Å². The molecular weight excluding hydrogens is 304 g/mol. The van der Waals surface area contributed by atoms with Gasteiger partial charge in [-0.05, 0) is 39.2 Å². The van der Waals surface area contributed by atoms with Crippen LogP contribution >= 0.6 is 0 Å². The lowest BCUT2D eigenvalue weighted by Gasteiger charge is -2.11. The van der Waals surface area contributed by atoms with Crippen molar-refractivity contribution in [2.24, 2.45) is 0 Å². The van der Waals surface area contributed by atoms with Crippen molar-refractivity contribution >= 4 is 16.8 Å². The predicted molar refractivity (Wildman–Crippen MR) is 94.1 cm³/mol. The third-order valence-corrected chi connectivity index (χ3v) is 4.59. The molecule has 130 valence electrons. The molecule has 0 aliphatic carbocycles. The molecular formula is C18H26N4O2. The summed E-state index contributed by atoms with van der Waals surface area (Å²) in [5, 5.41) is 20.9. The van der Waals surface area contributed by atoms with Gasteiger partial charge in [-0.25, -0.2) is 0 Å². The van der Waals surface area contributed by atoms with Crippen LogP contribution in [0.1, 0.15) is 49.6 Å². The zero-order valence-electron chi connectivity index (χ0n) is 14.3. The number of carbonyl (C=O) groups excluding carboxylic acids is 1. The van der Waals surface area contributed by atoms with Crippen molar-refractivity contribution in [1.29, 1.82) is 0 Å². The lowest BCUT2D eigenvalue weighted by atomic mass is 10.1. The fourth-order valence-corrected chi connectivity index (χ4v) is 3.39. The second-order valence-electron chi connectivity index (χ2n) is 6.78.